The van der Waals surface area contributed by atoms with Gasteiger partial charge in [-0.05, 0) is 30.7 Å². The Hall–Kier alpha value is -2.20. The number of benzene rings is 2. The normalized spacial score (nSPS) is 16.5. The molecule has 0 N–H and O–H groups in total. The second-order valence-electron chi connectivity index (χ2n) is 6.26. The first kappa shape index (κ1) is 17.6. The van der Waals surface area contributed by atoms with Gasteiger partial charge in [0.1, 0.15) is 0 Å². The molecular weight excluding hydrogens is 334 g/mol. The van der Waals surface area contributed by atoms with E-state index in [0.717, 1.165) is 11.1 Å². The Morgan fingerprint density at radius 1 is 1.00 bits per heavy atom. The number of aryl methyl sites for hydroxylation is 1. The van der Waals surface area contributed by atoms with E-state index in [9.17, 15) is 13.7 Å². The molecule has 1 aliphatic rings. The fourth-order valence-corrected chi connectivity index (χ4v) is 4.42. The molecule has 0 bridgehead atoms. The number of nitrogens with zero attached hydrogens (tertiary/aromatic N) is 3. The number of sulfonamides is 1. The molecular formula is C19H21N3O2S. The fraction of sp³-hybridized carbons (Fsp3) is 0.316. The lowest BCUT2D eigenvalue weighted by molar-refractivity contribution is 0.181. The van der Waals surface area contributed by atoms with Crippen LogP contribution in [0.4, 0.5) is 0 Å². The number of rotatable bonds is 4. The van der Waals surface area contributed by atoms with Gasteiger partial charge in [-0.1, -0.05) is 35.9 Å². The highest BCUT2D eigenvalue weighted by Gasteiger charge is 2.28. The molecule has 1 heterocycles. The quantitative estimate of drug-likeness (QED) is 0.845. The molecule has 0 unspecified atom stereocenters. The Bertz CT molecular complexity index is 878. The van der Waals surface area contributed by atoms with Crippen LogP contribution in [0.1, 0.15) is 16.7 Å². The zero-order chi connectivity index (χ0) is 17.9. The lowest BCUT2D eigenvalue weighted by Crippen LogP contribution is -2.48. The zero-order valence-electron chi connectivity index (χ0n) is 14.2. The maximum Gasteiger partial charge on any atom is 0.243 e. The van der Waals surface area contributed by atoms with Crippen molar-refractivity contribution in [3.05, 3.63) is 65.2 Å². The van der Waals surface area contributed by atoms with E-state index in [1.807, 2.05) is 43.3 Å². The summed E-state index contributed by atoms with van der Waals surface area (Å²) in [6, 6.07) is 16.7. The Labute approximate surface area is 149 Å². The van der Waals surface area contributed by atoms with Gasteiger partial charge in [0.15, 0.2) is 0 Å². The molecule has 0 amide bonds. The van der Waals surface area contributed by atoms with Crippen LogP contribution in [0.25, 0.3) is 0 Å². The average molecular weight is 355 g/mol. The van der Waals surface area contributed by atoms with Crippen LogP contribution in [-0.2, 0) is 16.6 Å². The van der Waals surface area contributed by atoms with E-state index in [2.05, 4.69) is 11.0 Å². The molecule has 1 aliphatic heterocycles. The van der Waals surface area contributed by atoms with Gasteiger partial charge in [-0.3, -0.25) is 4.90 Å². The summed E-state index contributed by atoms with van der Waals surface area (Å²) in [6.45, 7) is 4.85. The molecule has 1 fully saturated rings. The SMILES string of the molecule is Cc1ccc(S(=O)(=O)N2CCN(Cc3ccccc3C#N)CC2)cc1. The first-order valence-corrected chi connectivity index (χ1v) is 9.72. The highest BCUT2D eigenvalue weighted by Crippen LogP contribution is 2.19. The van der Waals surface area contributed by atoms with E-state index in [1.54, 1.807) is 16.4 Å². The van der Waals surface area contributed by atoms with Crippen LogP contribution in [0.3, 0.4) is 0 Å². The first-order chi connectivity index (χ1) is 12.0. The molecule has 5 nitrogen and oxygen atoms in total. The minimum absolute atomic E-state index is 0.348. The van der Waals surface area contributed by atoms with Crippen LogP contribution in [0, 0.1) is 18.3 Å². The molecule has 2 aromatic carbocycles. The molecule has 1 saturated heterocycles. The van der Waals surface area contributed by atoms with Crippen LogP contribution in [0.5, 0.6) is 0 Å². The van der Waals surface area contributed by atoms with E-state index >= 15 is 0 Å². The molecule has 0 aromatic heterocycles. The molecule has 0 radical (unpaired) electrons. The molecule has 3 rings (SSSR count). The maximum absolute atomic E-state index is 12.7. The van der Waals surface area contributed by atoms with Gasteiger partial charge in [0.25, 0.3) is 0 Å². The minimum Gasteiger partial charge on any atom is -0.296 e. The predicted molar refractivity (Wildman–Crippen MR) is 96.4 cm³/mol. The third-order valence-electron chi connectivity index (χ3n) is 4.52. The van der Waals surface area contributed by atoms with E-state index in [1.165, 1.54) is 0 Å². The van der Waals surface area contributed by atoms with E-state index in [4.69, 9.17) is 0 Å². The standard InChI is InChI=1S/C19H21N3O2S/c1-16-6-8-19(9-7-16)25(23,24)22-12-10-21(11-13-22)15-18-5-3-2-4-17(18)14-20/h2-9H,10-13,15H2,1H3. The molecule has 2 aromatic rings. The van der Waals surface area contributed by atoms with Crippen molar-refractivity contribution in [3.63, 3.8) is 0 Å². The number of hydrogen-bond donors (Lipinski definition) is 0. The lowest BCUT2D eigenvalue weighted by Gasteiger charge is -2.34. The van der Waals surface area contributed by atoms with Crippen molar-refractivity contribution in [3.8, 4) is 6.07 Å². The molecule has 25 heavy (non-hydrogen) atoms. The summed E-state index contributed by atoms with van der Waals surface area (Å²) in [6.07, 6.45) is 0. The number of piperazine rings is 1. The van der Waals surface area contributed by atoms with Gasteiger partial charge in [-0.2, -0.15) is 9.57 Å². The third kappa shape index (κ3) is 3.90. The summed E-state index contributed by atoms with van der Waals surface area (Å²) < 4.78 is 27.0. The Balaban J connectivity index is 1.65. The van der Waals surface area contributed by atoms with Crippen LogP contribution >= 0.6 is 0 Å². The Morgan fingerprint density at radius 3 is 2.28 bits per heavy atom. The van der Waals surface area contributed by atoms with E-state index in [0.29, 0.717) is 43.2 Å². The van der Waals surface area contributed by atoms with E-state index in [-0.39, 0.29) is 0 Å². The van der Waals surface area contributed by atoms with Crippen LogP contribution in [0.15, 0.2) is 53.4 Å². The van der Waals surface area contributed by atoms with Gasteiger partial charge >= 0.3 is 0 Å². The van der Waals surface area contributed by atoms with Gasteiger partial charge in [-0.25, -0.2) is 8.42 Å². The minimum atomic E-state index is -3.43. The van der Waals surface area contributed by atoms with Crippen molar-refractivity contribution in [2.75, 3.05) is 26.2 Å². The summed E-state index contributed by atoms with van der Waals surface area (Å²) in [4.78, 5) is 2.54. The zero-order valence-corrected chi connectivity index (χ0v) is 15.0. The Kier molecular flexibility index (Phi) is 5.19. The number of nitriles is 1. The van der Waals surface area contributed by atoms with Crippen LogP contribution in [0.2, 0.25) is 0 Å². The van der Waals surface area contributed by atoms with Crippen LogP contribution < -0.4 is 0 Å². The summed E-state index contributed by atoms with van der Waals surface area (Å²) in [5.41, 5.74) is 2.71. The molecule has 130 valence electrons. The summed E-state index contributed by atoms with van der Waals surface area (Å²) in [5, 5.41) is 9.19. The van der Waals surface area contributed by atoms with Gasteiger partial charge in [0, 0.05) is 32.7 Å². The maximum atomic E-state index is 12.7. The number of hydrogen-bond acceptors (Lipinski definition) is 4. The van der Waals surface area contributed by atoms with Crippen molar-refractivity contribution in [2.24, 2.45) is 0 Å². The highest BCUT2D eigenvalue weighted by molar-refractivity contribution is 7.89. The fourth-order valence-electron chi connectivity index (χ4n) is 3.00. The smallest absolute Gasteiger partial charge is 0.243 e. The van der Waals surface area contributed by atoms with Gasteiger partial charge in [-0.15, -0.1) is 0 Å². The van der Waals surface area contributed by atoms with Crippen LogP contribution in [-0.4, -0.2) is 43.8 Å². The Morgan fingerprint density at radius 2 is 1.64 bits per heavy atom. The van der Waals surface area contributed by atoms with Gasteiger partial charge < -0.3 is 0 Å². The summed E-state index contributed by atoms with van der Waals surface area (Å²) >= 11 is 0. The third-order valence-corrected chi connectivity index (χ3v) is 6.43. The monoisotopic (exact) mass is 355 g/mol. The molecule has 6 heteroatoms. The van der Waals surface area contributed by atoms with Crippen molar-refractivity contribution < 1.29 is 8.42 Å². The van der Waals surface area contributed by atoms with Crippen molar-refractivity contribution in [1.29, 1.82) is 5.26 Å². The lowest BCUT2D eigenvalue weighted by atomic mass is 10.1. The van der Waals surface area contributed by atoms with Crippen molar-refractivity contribution in [1.82, 2.24) is 9.21 Å². The van der Waals surface area contributed by atoms with E-state index < -0.39 is 10.0 Å². The largest absolute Gasteiger partial charge is 0.296 e. The molecule has 0 atom stereocenters. The molecule has 0 aliphatic carbocycles. The topological polar surface area (TPSA) is 64.4 Å². The summed E-state index contributed by atoms with van der Waals surface area (Å²) in [7, 11) is -3.43. The summed E-state index contributed by atoms with van der Waals surface area (Å²) in [5.74, 6) is 0. The average Bonchev–Trinajstić information content (AvgIpc) is 2.63. The van der Waals surface area contributed by atoms with Gasteiger partial charge in [0.05, 0.1) is 16.5 Å². The van der Waals surface area contributed by atoms with Crippen molar-refractivity contribution >= 4 is 10.0 Å². The molecule has 0 spiro atoms. The first-order valence-electron chi connectivity index (χ1n) is 8.28. The van der Waals surface area contributed by atoms with Gasteiger partial charge in [0.2, 0.25) is 10.0 Å². The second-order valence-corrected chi connectivity index (χ2v) is 8.20. The predicted octanol–water partition coefficient (Wildman–Crippen LogP) is 2.37. The van der Waals surface area contributed by atoms with Crippen molar-refractivity contribution in [2.45, 2.75) is 18.4 Å². The second kappa shape index (κ2) is 7.36. The highest BCUT2D eigenvalue weighted by atomic mass is 32.2. The molecule has 0 saturated carbocycles.